The predicted molar refractivity (Wildman–Crippen MR) is 55.0 cm³/mol. The van der Waals surface area contributed by atoms with Crippen molar-refractivity contribution in [2.75, 3.05) is 0 Å². The number of hydrogen-bond donors (Lipinski definition) is 2. The molecule has 0 heterocycles. The molecular formula is C10H20N2O. The lowest BCUT2D eigenvalue weighted by Crippen LogP contribution is -2.52. The van der Waals surface area contributed by atoms with Crippen molar-refractivity contribution < 1.29 is 4.79 Å². The zero-order valence-electron chi connectivity index (χ0n) is 8.98. The summed E-state index contributed by atoms with van der Waals surface area (Å²) in [7, 11) is 0. The molecule has 1 atom stereocenters. The maximum Gasteiger partial charge on any atom is 0.244 e. The van der Waals surface area contributed by atoms with Crippen molar-refractivity contribution in [1.29, 1.82) is 0 Å². The topological polar surface area (TPSA) is 69.1 Å². The molecule has 0 aliphatic heterocycles. The highest BCUT2D eigenvalue weighted by Crippen LogP contribution is 2.37. The van der Waals surface area contributed by atoms with Gasteiger partial charge < -0.3 is 11.5 Å². The van der Waals surface area contributed by atoms with E-state index in [9.17, 15) is 4.79 Å². The molecule has 0 aromatic rings. The summed E-state index contributed by atoms with van der Waals surface area (Å²) in [4.78, 5) is 11.0. The largest absolute Gasteiger partial charge is 0.366 e. The molecule has 3 heteroatoms. The summed E-state index contributed by atoms with van der Waals surface area (Å²) < 4.78 is 0. The molecule has 0 aliphatic carbocycles. The predicted octanol–water partition coefficient (Wildman–Crippen LogP) is 1.18. The summed E-state index contributed by atoms with van der Waals surface area (Å²) in [6.07, 6.45) is 0.770. The van der Waals surface area contributed by atoms with Crippen molar-refractivity contribution in [1.82, 2.24) is 0 Å². The molecule has 0 saturated carbocycles. The van der Waals surface area contributed by atoms with E-state index in [2.05, 4.69) is 6.58 Å². The number of hydrogen-bond acceptors (Lipinski definition) is 2. The summed E-state index contributed by atoms with van der Waals surface area (Å²) in [5.41, 5.74) is 10.7. The van der Waals surface area contributed by atoms with Gasteiger partial charge in [0.2, 0.25) is 5.91 Å². The first-order valence-corrected chi connectivity index (χ1v) is 4.45. The number of nitrogens with two attached hydrogens (primary N) is 2. The fourth-order valence-corrected chi connectivity index (χ4v) is 1.09. The minimum atomic E-state index is -0.477. The molecule has 0 rings (SSSR count). The van der Waals surface area contributed by atoms with Crippen molar-refractivity contribution in [3.8, 4) is 0 Å². The molecule has 0 spiro atoms. The molecule has 0 fully saturated rings. The van der Waals surface area contributed by atoms with Crippen LogP contribution >= 0.6 is 0 Å². The van der Waals surface area contributed by atoms with Crippen molar-refractivity contribution in [2.24, 2.45) is 16.9 Å². The van der Waals surface area contributed by atoms with Gasteiger partial charge >= 0.3 is 0 Å². The summed E-state index contributed by atoms with van der Waals surface area (Å²) in [6, 6.07) is 0. The number of carbonyl (C=O) groups excluding carboxylic acids is 1. The Bertz CT molecular complexity index is 229. The second-order valence-corrected chi connectivity index (χ2v) is 4.24. The van der Waals surface area contributed by atoms with Gasteiger partial charge in [0, 0.05) is 16.5 Å². The van der Waals surface area contributed by atoms with E-state index in [0.717, 1.165) is 6.42 Å². The fraction of sp³-hybridized carbons (Fsp3) is 0.700. The van der Waals surface area contributed by atoms with E-state index in [0.29, 0.717) is 5.57 Å². The van der Waals surface area contributed by atoms with Crippen LogP contribution in [0.3, 0.4) is 0 Å². The highest BCUT2D eigenvalue weighted by Gasteiger charge is 2.40. The van der Waals surface area contributed by atoms with Crippen molar-refractivity contribution in [2.45, 2.75) is 39.7 Å². The first-order chi connectivity index (χ1) is 5.66. The second kappa shape index (κ2) is 3.50. The minimum Gasteiger partial charge on any atom is -0.366 e. The highest BCUT2D eigenvalue weighted by molar-refractivity contribution is 5.92. The average molecular weight is 184 g/mol. The molecule has 3 nitrogen and oxygen atoms in total. The van der Waals surface area contributed by atoms with E-state index in [4.69, 9.17) is 11.5 Å². The molecule has 1 amide bonds. The van der Waals surface area contributed by atoms with Crippen LogP contribution in [0.1, 0.15) is 34.1 Å². The summed E-state index contributed by atoms with van der Waals surface area (Å²) in [5, 5.41) is 0. The quantitative estimate of drug-likeness (QED) is 0.644. The molecule has 0 saturated heterocycles. The van der Waals surface area contributed by atoms with Gasteiger partial charge in [-0.15, -0.1) is 0 Å². The molecule has 1 unspecified atom stereocenters. The Labute approximate surface area is 80.2 Å². The van der Waals surface area contributed by atoms with Gasteiger partial charge in [0.05, 0.1) is 0 Å². The summed E-state index contributed by atoms with van der Waals surface area (Å²) in [6.45, 7) is 11.4. The van der Waals surface area contributed by atoms with Crippen LogP contribution in [-0.4, -0.2) is 11.4 Å². The van der Waals surface area contributed by atoms with Crippen LogP contribution in [0.15, 0.2) is 12.2 Å². The standard InChI is InChI=1S/C10H20N2O/c1-6-10(5,12)9(3,4)7(2)8(11)13/h2,6,12H2,1,3-5H3,(H2,11,13). The number of rotatable bonds is 4. The molecule has 4 N–H and O–H groups in total. The van der Waals surface area contributed by atoms with Gasteiger partial charge in [0.1, 0.15) is 0 Å². The van der Waals surface area contributed by atoms with Crippen molar-refractivity contribution >= 4 is 5.91 Å². The Kier molecular flexibility index (Phi) is 3.28. The zero-order valence-corrected chi connectivity index (χ0v) is 8.98. The Balaban J connectivity index is 4.96. The Hall–Kier alpha value is -0.830. The van der Waals surface area contributed by atoms with Gasteiger partial charge in [-0.1, -0.05) is 27.4 Å². The third kappa shape index (κ3) is 2.10. The fourth-order valence-electron chi connectivity index (χ4n) is 1.09. The summed E-state index contributed by atoms with van der Waals surface area (Å²) >= 11 is 0. The lowest BCUT2D eigenvalue weighted by molar-refractivity contribution is -0.115. The lowest BCUT2D eigenvalue weighted by atomic mass is 9.68. The van der Waals surface area contributed by atoms with Crippen molar-refractivity contribution in [3.63, 3.8) is 0 Å². The van der Waals surface area contributed by atoms with Gasteiger partial charge in [-0.3, -0.25) is 4.79 Å². The van der Waals surface area contributed by atoms with Gasteiger partial charge in [0.15, 0.2) is 0 Å². The third-order valence-electron chi connectivity index (χ3n) is 3.21. The Morgan fingerprint density at radius 1 is 1.38 bits per heavy atom. The number of amides is 1. The normalized spacial score (nSPS) is 16.4. The van der Waals surface area contributed by atoms with Gasteiger partial charge in [0.25, 0.3) is 0 Å². The van der Waals surface area contributed by atoms with E-state index >= 15 is 0 Å². The maximum absolute atomic E-state index is 11.0. The maximum atomic E-state index is 11.0. The summed E-state index contributed by atoms with van der Waals surface area (Å²) in [5.74, 6) is -0.477. The molecule has 0 aromatic heterocycles. The first kappa shape index (κ1) is 12.2. The van der Waals surface area contributed by atoms with E-state index in [1.54, 1.807) is 0 Å². The Morgan fingerprint density at radius 3 is 2.00 bits per heavy atom. The van der Waals surface area contributed by atoms with Crippen molar-refractivity contribution in [3.05, 3.63) is 12.2 Å². The zero-order chi connectivity index (χ0) is 10.9. The van der Waals surface area contributed by atoms with Crippen LogP contribution in [0, 0.1) is 5.41 Å². The van der Waals surface area contributed by atoms with Crippen LogP contribution in [0.5, 0.6) is 0 Å². The first-order valence-electron chi connectivity index (χ1n) is 4.45. The molecule has 0 radical (unpaired) electrons. The number of primary amides is 1. The van der Waals surface area contributed by atoms with E-state index in [1.807, 2.05) is 27.7 Å². The minimum absolute atomic E-state index is 0.388. The van der Waals surface area contributed by atoms with Crippen LogP contribution < -0.4 is 11.5 Å². The van der Waals surface area contributed by atoms with E-state index < -0.39 is 16.9 Å². The third-order valence-corrected chi connectivity index (χ3v) is 3.21. The molecule has 76 valence electrons. The Morgan fingerprint density at radius 2 is 1.77 bits per heavy atom. The van der Waals surface area contributed by atoms with Crippen LogP contribution in [0.2, 0.25) is 0 Å². The van der Waals surface area contributed by atoms with Gasteiger partial charge in [-0.2, -0.15) is 0 Å². The highest BCUT2D eigenvalue weighted by atomic mass is 16.1. The molecule has 0 bridgehead atoms. The average Bonchev–Trinajstić information content (AvgIpc) is 2.02. The smallest absolute Gasteiger partial charge is 0.244 e. The van der Waals surface area contributed by atoms with Gasteiger partial charge in [-0.05, 0) is 13.3 Å². The van der Waals surface area contributed by atoms with Crippen LogP contribution in [-0.2, 0) is 4.79 Å². The monoisotopic (exact) mass is 184 g/mol. The van der Waals surface area contributed by atoms with E-state index in [1.165, 1.54) is 0 Å². The van der Waals surface area contributed by atoms with Crippen LogP contribution in [0.25, 0.3) is 0 Å². The van der Waals surface area contributed by atoms with Crippen LogP contribution in [0.4, 0.5) is 0 Å². The van der Waals surface area contributed by atoms with Gasteiger partial charge in [-0.25, -0.2) is 0 Å². The molecule has 0 aromatic carbocycles. The molecular weight excluding hydrogens is 164 g/mol. The molecule has 13 heavy (non-hydrogen) atoms. The number of carbonyl (C=O) groups is 1. The van der Waals surface area contributed by atoms with E-state index in [-0.39, 0.29) is 0 Å². The molecule has 0 aliphatic rings. The lowest BCUT2D eigenvalue weighted by Gasteiger charge is -2.41. The SMILES string of the molecule is C=C(C(N)=O)C(C)(C)C(C)(N)CC. The second-order valence-electron chi connectivity index (χ2n) is 4.24.